The molecular formula is C22H20ClN5O4S. The van der Waals surface area contributed by atoms with Crippen LogP contribution in [0.25, 0.3) is 0 Å². The van der Waals surface area contributed by atoms with Crippen molar-refractivity contribution in [2.24, 2.45) is 0 Å². The number of carbonyl (C=O) groups excluding carboxylic acids is 2. The number of nitrogens with zero attached hydrogens (tertiary/aromatic N) is 2. The number of carbonyl (C=O) groups is 2. The number of pyridine rings is 1. The summed E-state index contributed by atoms with van der Waals surface area (Å²) in [4.78, 5) is 29.0. The van der Waals surface area contributed by atoms with Crippen LogP contribution in [-0.2, 0) is 10.2 Å². The summed E-state index contributed by atoms with van der Waals surface area (Å²) in [5.74, 6) is -0.778. The average Bonchev–Trinajstić information content (AvgIpc) is 2.81. The minimum Gasteiger partial charge on any atom is -0.322 e. The van der Waals surface area contributed by atoms with Gasteiger partial charge in [-0.1, -0.05) is 11.6 Å². The molecule has 0 saturated carbocycles. The highest BCUT2D eigenvalue weighted by atomic mass is 35.5. The van der Waals surface area contributed by atoms with E-state index in [1.54, 1.807) is 60.8 Å². The molecule has 2 aromatic carbocycles. The third-order valence-electron chi connectivity index (χ3n) is 4.93. The van der Waals surface area contributed by atoms with E-state index in [2.05, 4.69) is 20.3 Å². The maximum atomic E-state index is 12.7. The molecule has 170 valence electrons. The van der Waals surface area contributed by atoms with Crippen molar-refractivity contribution in [2.75, 3.05) is 28.0 Å². The predicted molar refractivity (Wildman–Crippen MR) is 127 cm³/mol. The van der Waals surface area contributed by atoms with Gasteiger partial charge in [0.1, 0.15) is 0 Å². The molecule has 0 aliphatic carbocycles. The second kappa shape index (κ2) is 9.57. The van der Waals surface area contributed by atoms with E-state index in [9.17, 15) is 18.0 Å². The Labute approximate surface area is 196 Å². The fourth-order valence-electron chi connectivity index (χ4n) is 3.26. The van der Waals surface area contributed by atoms with Crippen LogP contribution in [0.2, 0.25) is 5.02 Å². The van der Waals surface area contributed by atoms with E-state index in [-0.39, 0.29) is 5.91 Å². The number of benzene rings is 2. The lowest BCUT2D eigenvalue weighted by molar-refractivity contribution is 0.101. The summed E-state index contributed by atoms with van der Waals surface area (Å²) in [7, 11) is -3.57. The molecule has 2 heterocycles. The molecule has 2 amide bonds. The van der Waals surface area contributed by atoms with E-state index in [1.165, 1.54) is 10.5 Å². The van der Waals surface area contributed by atoms with Gasteiger partial charge in [-0.3, -0.25) is 18.9 Å². The Morgan fingerprint density at radius 3 is 2.45 bits per heavy atom. The molecule has 33 heavy (non-hydrogen) atoms. The van der Waals surface area contributed by atoms with Gasteiger partial charge in [0, 0.05) is 36.7 Å². The topological polar surface area (TPSA) is 120 Å². The molecule has 0 bridgehead atoms. The van der Waals surface area contributed by atoms with Gasteiger partial charge in [-0.25, -0.2) is 0 Å². The number of anilines is 3. The summed E-state index contributed by atoms with van der Waals surface area (Å²) in [6, 6.07) is 14.3. The Kier molecular flexibility index (Phi) is 6.59. The Morgan fingerprint density at radius 2 is 1.76 bits per heavy atom. The number of rotatable bonds is 5. The molecule has 9 nitrogen and oxygen atoms in total. The van der Waals surface area contributed by atoms with Crippen LogP contribution in [-0.4, -0.2) is 38.3 Å². The highest BCUT2D eigenvalue weighted by Crippen LogP contribution is 2.27. The summed E-state index contributed by atoms with van der Waals surface area (Å²) >= 11 is 6.19. The maximum Gasteiger partial charge on any atom is 0.301 e. The van der Waals surface area contributed by atoms with Gasteiger partial charge in [-0.15, -0.1) is 0 Å². The lowest BCUT2D eigenvalue weighted by Gasteiger charge is -2.28. The number of nitrogens with one attached hydrogen (secondary N) is 3. The normalized spacial score (nSPS) is 15.0. The highest BCUT2D eigenvalue weighted by Gasteiger charge is 2.25. The largest absolute Gasteiger partial charge is 0.322 e. The first kappa shape index (κ1) is 22.7. The lowest BCUT2D eigenvalue weighted by Crippen LogP contribution is -2.47. The molecule has 0 radical (unpaired) electrons. The van der Waals surface area contributed by atoms with E-state index in [1.807, 2.05) is 0 Å². The molecule has 0 atom stereocenters. The van der Waals surface area contributed by atoms with Crippen molar-refractivity contribution < 1.29 is 18.0 Å². The van der Waals surface area contributed by atoms with Crippen LogP contribution < -0.4 is 19.7 Å². The number of aromatic nitrogens is 1. The van der Waals surface area contributed by atoms with Crippen LogP contribution in [0.3, 0.4) is 0 Å². The summed E-state index contributed by atoms with van der Waals surface area (Å²) in [5.41, 5.74) is 1.95. The quantitative estimate of drug-likeness (QED) is 0.512. The average molecular weight is 486 g/mol. The van der Waals surface area contributed by atoms with Gasteiger partial charge in [0.15, 0.2) is 0 Å². The molecular weight excluding hydrogens is 466 g/mol. The third kappa shape index (κ3) is 5.30. The zero-order chi connectivity index (χ0) is 23.4. The molecule has 1 fully saturated rings. The van der Waals surface area contributed by atoms with Gasteiger partial charge < -0.3 is 10.6 Å². The Morgan fingerprint density at radius 1 is 1.00 bits per heavy atom. The molecule has 3 N–H and O–H groups in total. The molecule has 1 aromatic heterocycles. The van der Waals surface area contributed by atoms with Gasteiger partial charge in [0.2, 0.25) is 0 Å². The zero-order valence-electron chi connectivity index (χ0n) is 17.3. The van der Waals surface area contributed by atoms with Crippen LogP contribution in [0.5, 0.6) is 0 Å². The van der Waals surface area contributed by atoms with Crippen LogP contribution in [0.1, 0.15) is 27.1 Å². The van der Waals surface area contributed by atoms with Crippen molar-refractivity contribution in [3.63, 3.8) is 0 Å². The van der Waals surface area contributed by atoms with Gasteiger partial charge in [-0.2, -0.15) is 13.1 Å². The lowest BCUT2D eigenvalue weighted by atomic mass is 10.1. The third-order valence-corrected chi connectivity index (χ3v) is 6.80. The van der Waals surface area contributed by atoms with E-state index in [0.717, 1.165) is 0 Å². The monoisotopic (exact) mass is 485 g/mol. The highest BCUT2D eigenvalue weighted by molar-refractivity contribution is 7.90. The minimum absolute atomic E-state index is 0.311. The van der Waals surface area contributed by atoms with Crippen molar-refractivity contribution >= 4 is 50.7 Å². The summed E-state index contributed by atoms with van der Waals surface area (Å²) in [6.07, 6.45) is 3.69. The molecule has 3 aromatic rings. The summed E-state index contributed by atoms with van der Waals surface area (Å²) in [6.45, 7) is 0.782. The van der Waals surface area contributed by atoms with Crippen molar-refractivity contribution in [1.82, 2.24) is 9.71 Å². The van der Waals surface area contributed by atoms with E-state index < -0.39 is 16.1 Å². The molecule has 1 aliphatic rings. The Balaban J connectivity index is 1.46. The SMILES string of the molecule is O=C(Nc1ccc(Cl)c(NC(=O)c2cccnc2)c1)c1ccc(N2CCCNS2(=O)=O)cc1. The van der Waals surface area contributed by atoms with Gasteiger partial charge in [-0.05, 0) is 61.0 Å². The number of amides is 2. The van der Waals surface area contributed by atoms with Crippen LogP contribution in [0, 0.1) is 0 Å². The minimum atomic E-state index is -3.57. The second-order valence-electron chi connectivity index (χ2n) is 7.22. The zero-order valence-corrected chi connectivity index (χ0v) is 18.9. The molecule has 4 rings (SSSR count). The molecule has 0 unspecified atom stereocenters. The fourth-order valence-corrected chi connectivity index (χ4v) is 4.75. The fraction of sp³-hybridized carbons (Fsp3) is 0.136. The first-order chi connectivity index (χ1) is 15.8. The van der Waals surface area contributed by atoms with Crippen LogP contribution >= 0.6 is 11.6 Å². The van der Waals surface area contributed by atoms with Crippen molar-refractivity contribution in [3.05, 3.63) is 83.1 Å². The molecule has 1 aliphatic heterocycles. The van der Waals surface area contributed by atoms with Crippen molar-refractivity contribution in [1.29, 1.82) is 0 Å². The van der Waals surface area contributed by atoms with Gasteiger partial charge in [0.25, 0.3) is 11.8 Å². The number of hydrogen-bond donors (Lipinski definition) is 3. The van der Waals surface area contributed by atoms with Crippen LogP contribution in [0.4, 0.5) is 17.1 Å². The van der Waals surface area contributed by atoms with Crippen molar-refractivity contribution in [2.45, 2.75) is 6.42 Å². The first-order valence-corrected chi connectivity index (χ1v) is 11.8. The molecule has 11 heteroatoms. The van der Waals surface area contributed by atoms with Gasteiger partial charge in [0.05, 0.1) is 22.0 Å². The first-order valence-electron chi connectivity index (χ1n) is 10.0. The Bertz CT molecular complexity index is 1280. The standard InChI is InChI=1S/C22H20ClN5O4S/c23-19-9-6-17(13-20(19)27-22(30)16-3-1-10-24-14-16)26-21(29)15-4-7-18(8-5-15)28-12-2-11-25-33(28,31)32/h1,3-10,13-14,25H,2,11-12H2,(H,26,29)(H,27,30). The van der Waals surface area contributed by atoms with Gasteiger partial charge >= 0.3 is 10.2 Å². The van der Waals surface area contributed by atoms with E-state index in [4.69, 9.17) is 11.6 Å². The summed E-state index contributed by atoms with van der Waals surface area (Å²) in [5, 5.41) is 5.76. The maximum absolute atomic E-state index is 12.7. The number of hydrogen-bond acceptors (Lipinski definition) is 5. The Hall–Kier alpha value is -3.47. The van der Waals surface area contributed by atoms with E-state index >= 15 is 0 Å². The smallest absolute Gasteiger partial charge is 0.301 e. The summed E-state index contributed by atoms with van der Waals surface area (Å²) < 4.78 is 28.1. The number of halogens is 1. The molecule has 0 spiro atoms. The van der Waals surface area contributed by atoms with Crippen LogP contribution in [0.15, 0.2) is 67.0 Å². The van der Waals surface area contributed by atoms with E-state index in [0.29, 0.717) is 52.7 Å². The second-order valence-corrected chi connectivity index (χ2v) is 9.30. The molecule has 1 saturated heterocycles. The predicted octanol–water partition coefficient (Wildman–Crippen LogP) is 3.28. The van der Waals surface area contributed by atoms with Crippen molar-refractivity contribution in [3.8, 4) is 0 Å².